The molecule has 5 aromatic rings. The lowest BCUT2D eigenvalue weighted by Gasteiger charge is -2.26. The van der Waals surface area contributed by atoms with Crippen molar-refractivity contribution >= 4 is 49.2 Å². The van der Waals surface area contributed by atoms with Crippen molar-refractivity contribution in [1.29, 1.82) is 0 Å². The summed E-state index contributed by atoms with van der Waals surface area (Å²) in [6, 6.07) is 2.75. The minimum atomic E-state index is -0.397. The van der Waals surface area contributed by atoms with E-state index in [-0.39, 0.29) is 33.4 Å². The predicted molar refractivity (Wildman–Crippen MR) is 162 cm³/mol. The van der Waals surface area contributed by atoms with E-state index in [2.05, 4.69) is 0 Å². The molecular weight excluding hydrogens is 520 g/mol. The predicted octanol–water partition coefficient (Wildman–Crippen LogP) is 6.41. The normalized spacial score (nSPS) is 15.8. The zero-order valence-corrected chi connectivity index (χ0v) is 23.7. The second kappa shape index (κ2) is 9.13. The highest BCUT2D eigenvalue weighted by Gasteiger charge is 2.33. The van der Waals surface area contributed by atoms with Crippen molar-refractivity contribution in [2.45, 2.75) is 51.9 Å². The smallest absolute Gasteiger partial charge is 0.194 e. The van der Waals surface area contributed by atoms with E-state index in [1.54, 1.807) is 0 Å². The number of methoxy groups -OCH3 is 3. The molecule has 0 radical (unpaired) electrons. The lowest BCUT2D eigenvalue weighted by molar-refractivity contribution is 0.351. The minimum Gasteiger partial charge on any atom is -0.507 e. The van der Waals surface area contributed by atoms with E-state index in [0.29, 0.717) is 62.8 Å². The Kier molecular flexibility index (Phi) is 5.72. The van der Waals surface area contributed by atoms with Gasteiger partial charge in [-0.1, -0.05) is 43.8 Å². The summed E-state index contributed by atoms with van der Waals surface area (Å²) in [7, 11) is 4.46. The Bertz CT molecular complexity index is 2050. The molecule has 0 atom stereocenters. The third-order valence-corrected chi connectivity index (χ3v) is 9.37. The number of hydrogen-bond acceptors (Lipinski definition) is 7. The fourth-order valence-electron chi connectivity index (χ4n) is 7.69. The van der Waals surface area contributed by atoms with Crippen molar-refractivity contribution in [2.75, 3.05) is 21.3 Å². The zero-order chi connectivity index (χ0) is 28.7. The maximum absolute atomic E-state index is 13.8. The molecule has 1 fully saturated rings. The van der Waals surface area contributed by atoms with Gasteiger partial charge in [-0.2, -0.15) is 0 Å². The molecule has 7 nitrogen and oxygen atoms in total. The van der Waals surface area contributed by atoms with E-state index in [9.17, 15) is 19.8 Å². The van der Waals surface area contributed by atoms with Crippen molar-refractivity contribution in [1.82, 2.24) is 0 Å². The van der Waals surface area contributed by atoms with Gasteiger partial charge in [-0.25, -0.2) is 0 Å². The quantitative estimate of drug-likeness (QED) is 0.192. The monoisotopic (exact) mass is 552 g/mol. The van der Waals surface area contributed by atoms with Gasteiger partial charge >= 0.3 is 0 Å². The summed E-state index contributed by atoms with van der Waals surface area (Å²) in [4.78, 5) is 27.3. The Morgan fingerprint density at radius 2 is 1.32 bits per heavy atom. The maximum Gasteiger partial charge on any atom is 0.194 e. The molecule has 0 aromatic heterocycles. The molecule has 5 aromatic carbocycles. The van der Waals surface area contributed by atoms with Gasteiger partial charge < -0.3 is 24.4 Å². The highest BCUT2D eigenvalue weighted by Crippen LogP contribution is 2.55. The highest BCUT2D eigenvalue weighted by molar-refractivity contribution is 6.39. The van der Waals surface area contributed by atoms with Gasteiger partial charge in [-0.05, 0) is 42.2 Å². The van der Waals surface area contributed by atoms with Crippen LogP contribution in [-0.2, 0) is 12.8 Å². The summed E-state index contributed by atoms with van der Waals surface area (Å²) < 4.78 is 17.3. The van der Waals surface area contributed by atoms with Crippen LogP contribution in [0.1, 0.15) is 55.7 Å². The number of aromatic hydroxyl groups is 2. The standard InChI is InChI=1S/C34H32O7/c1-15-10-17-18(12-16-8-6-5-7-9-16)32(37)26-20(35)13-22(39-2)28-29-23(40-3)14-21(36)27-31(29)25(24(17)30(26)28)19(11-15)34(41-4)33(27)38/h11,13-14,16,37-38H,5-10,12H2,1-4H3. The fraction of sp³-hybridized carbons (Fsp3) is 0.353. The first kappa shape index (κ1) is 25.7. The Morgan fingerprint density at radius 1 is 0.732 bits per heavy atom. The van der Waals surface area contributed by atoms with Crippen LogP contribution < -0.4 is 25.1 Å². The zero-order valence-electron chi connectivity index (χ0n) is 23.7. The van der Waals surface area contributed by atoms with E-state index in [4.69, 9.17) is 14.2 Å². The Morgan fingerprint density at radius 3 is 1.90 bits per heavy atom. The van der Waals surface area contributed by atoms with Crippen LogP contribution in [0.4, 0.5) is 0 Å². The Labute approximate surface area is 236 Å². The molecule has 0 bridgehead atoms. The largest absolute Gasteiger partial charge is 0.507 e. The summed E-state index contributed by atoms with van der Waals surface area (Å²) in [6.45, 7) is 2.01. The van der Waals surface area contributed by atoms with Crippen LogP contribution >= 0.6 is 0 Å². The number of fused-ring (bicyclic) bond motifs is 1. The molecule has 0 saturated heterocycles. The number of allylic oxidation sites excluding steroid dienone is 1. The van der Waals surface area contributed by atoms with Gasteiger partial charge in [0.2, 0.25) is 0 Å². The third kappa shape index (κ3) is 3.38. The van der Waals surface area contributed by atoms with Crippen molar-refractivity contribution in [3.05, 3.63) is 54.8 Å². The van der Waals surface area contributed by atoms with Gasteiger partial charge in [-0.3, -0.25) is 9.59 Å². The summed E-state index contributed by atoms with van der Waals surface area (Å²) >= 11 is 0. The van der Waals surface area contributed by atoms with E-state index in [1.165, 1.54) is 39.9 Å². The third-order valence-electron chi connectivity index (χ3n) is 9.37. The van der Waals surface area contributed by atoms with Gasteiger partial charge in [0.25, 0.3) is 0 Å². The lowest BCUT2D eigenvalue weighted by atomic mass is 9.79. The molecule has 7 heteroatoms. The van der Waals surface area contributed by atoms with Crippen LogP contribution in [0.2, 0.25) is 0 Å². The fourth-order valence-corrected chi connectivity index (χ4v) is 7.69. The van der Waals surface area contributed by atoms with Crippen LogP contribution in [0, 0.1) is 5.92 Å². The van der Waals surface area contributed by atoms with Crippen molar-refractivity contribution < 1.29 is 24.4 Å². The van der Waals surface area contributed by atoms with Crippen LogP contribution in [0.3, 0.4) is 0 Å². The van der Waals surface area contributed by atoms with Gasteiger partial charge in [0.05, 0.1) is 32.1 Å². The van der Waals surface area contributed by atoms with Crippen LogP contribution in [0.25, 0.3) is 49.2 Å². The van der Waals surface area contributed by atoms with Gasteiger partial charge in [0.1, 0.15) is 17.2 Å². The van der Waals surface area contributed by atoms with E-state index in [0.717, 1.165) is 47.8 Å². The molecule has 0 unspecified atom stereocenters. The van der Waals surface area contributed by atoms with E-state index >= 15 is 0 Å². The first-order valence-corrected chi connectivity index (χ1v) is 14.2. The van der Waals surface area contributed by atoms with Crippen LogP contribution in [0.5, 0.6) is 28.7 Å². The number of rotatable bonds is 5. The molecule has 1 saturated carbocycles. The molecular formula is C34H32O7. The van der Waals surface area contributed by atoms with Crippen molar-refractivity contribution in [3.63, 3.8) is 0 Å². The van der Waals surface area contributed by atoms with Crippen LogP contribution in [-0.4, -0.2) is 31.5 Å². The number of ether oxygens (including phenoxy) is 3. The molecule has 210 valence electrons. The molecule has 0 spiro atoms. The van der Waals surface area contributed by atoms with Gasteiger partial charge in [0, 0.05) is 44.6 Å². The number of phenols is 2. The summed E-state index contributed by atoms with van der Waals surface area (Å²) in [6.07, 6.45) is 8.90. The molecule has 0 amide bonds. The molecule has 2 N–H and O–H groups in total. The molecule has 0 heterocycles. The summed E-state index contributed by atoms with van der Waals surface area (Å²) in [5.41, 5.74) is 2.65. The first-order chi connectivity index (χ1) is 19.8. The average molecular weight is 553 g/mol. The van der Waals surface area contributed by atoms with Gasteiger partial charge in [-0.15, -0.1) is 0 Å². The van der Waals surface area contributed by atoms with Crippen molar-refractivity contribution in [2.24, 2.45) is 5.92 Å². The Balaban J connectivity index is 1.85. The Hall–Kier alpha value is -4.26. The lowest BCUT2D eigenvalue weighted by Crippen LogP contribution is -2.13. The second-order valence-corrected chi connectivity index (χ2v) is 11.6. The van der Waals surface area contributed by atoms with E-state index in [1.807, 2.05) is 13.0 Å². The SMILES string of the molecule is COc1c(O)c2c(=O)cc(OC)c3c4c(OC)cc(=O)c5c(O)c(CC6CCCCC6)c6c(c(c1C=C(C)C6)c23)c54. The maximum atomic E-state index is 13.8. The van der Waals surface area contributed by atoms with Crippen LogP contribution in [0.15, 0.2) is 27.3 Å². The number of hydrogen-bond donors (Lipinski definition) is 2. The highest BCUT2D eigenvalue weighted by atomic mass is 16.5. The summed E-state index contributed by atoms with van der Waals surface area (Å²) in [5, 5.41) is 27.6. The molecule has 7 rings (SSSR count). The molecule has 2 aliphatic carbocycles. The topological polar surface area (TPSA) is 102 Å². The molecule has 0 aliphatic heterocycles. The summed E-state index contributed by atoms with van der Waals surface area (Å²) in [5.74, 6) is 1.03. The molecule has 2 aliphatic rings. The molecule has 41 heavy (non-hydrogen) atoms. The first-order valence-electron chi connectivity index (χ1n) is 14.2. The van der Waals surface area contributed by atoms with Gasteiger partial charge in [0.15, 0.2) is 22.4 Å². The minimum absolute atomic E-state index is 0.0272. The average Bonchev–Trinajstić information content (AvgIpc) is 3.11. The van der Waals surface area contributed by atoms with Crippen molar-refractivity contribution in [3.8, 4) is 28.7 Å². The second-order valence-electron chi connectivity index (χ2n) is 11.6. The van der Waals surface area contributed by atoms with E-state index < -0.39 is 5.43 Å². The number of benzene rings is 5. The number of phenolic OH excluding ortho intramolecular Hbond substituents is 2.